The Morgan fingerprint density at radius 2 is 1.93 bits per heavy atom. The van der Waals surface area contributed by atoms with Crippen molar-refractivity contribution >= 4 is 22.4 Å². The molecule has 2 heterocycles. The minimum Gasteiger partial charge on any atom is -0.395 e. The average Bonchev–Trinajstić information content (AvgIpc) is 3.03. The molecule has 1 aliphatic carbocycles. The number of aliphatic hydroxyl groups excluding tert-OH is 1. The minimum absolute atomic E-state index is 0.00342. The molecule has 7 heteroatoms. The highest BCUT2D eigenvalue weighted by atomic mass is 16.3. The van der Waals surface area contributed by atoms with Crippen molar-refractivity contribution in [3.8, 4) is 11.3 Å². The SMILES string of the molecule is CN(C)CCn1nc2c3c(cc(N(C)CCO)cc31)C(=O)c1ccncc1-2. The van der Waals surface area contributed by atoms with E-state index in [0.29, 0.717) is 17.7 Å². The lowest BCUT2D eigenvalue weighted by molar-refractivity contribution is 0.104. The van der Waals surface area contributed by atoms with Crippen molar-refractivity contribution in [2.24, 2.45) is 0 Å². The number of ketones is 1. The van der Waals surface area contributed by atoms with Gasteiger partial charge in [-0.1, -0.05) is 0 Å². The van der Waals surface area contributed by atoms with Crippen molar-refractivity contribution < 1.29 is 9.90 Å². The molecule has 1 aromatic carbocycles. The fourth-order valence-electron chi connectivity index (χ4n) is 3.55. The van der Waals surface area contributed by atoms with E-state index in [4.69, 9.17) is 5.10 Å². The monoisotopic (exact) mass is 365 g/mol. The van der Waals surface area contributed by atoms with E-state index in [1.807, 2.05) is 36.8 Å². The first-order chi connectivity index (χ1) is 13.0. The van der Waals surface area contributed by atoms with E-state index in [-0.39, 0.29) is 12.4 Å². The van der Waals surface area contributed by atoms with Crippen LogP contribution in [0.3, 0.4) is 0 Å². The third-order valence-electron chi connectivity index (χ3n) is 5.04. The number of anilines is 1. The molecule has 2 aromatic heterocycles. The standard InChI is InChI=1S/C20H23N5O2/c1-23(2)6-7-25-17-11-13(24(3)8-9-26)10-15-18(17)19(22-25)16-12-21-5-4-14(16)20(15)27/h4-5,10-12,26H,6-9H2,1-3H3. The summed E-state index contributed by atoms with van der Waals surface area (Å²) < 4.78 is 1.97. The summed E-state index contributed by atoms with van der Waals surface area (Å²) in [5.74, 6) is -0.00342. The molecule has 0 fully saturated rings. The Morgan fingerprint density at radius 3 is 2.67 bits per heavy atom. The fraction of sp³-hybridized carbons (Fsp3) is 0.350. The molecule has 0 bridgehead atoms. The number of aromatic nitrogens is 3. The molecule has 1 N–H and O–H groups in total. The van der Waals surface area contributed by atoms with E-state index >= 15 is 0 Å². The summed E-state index contributed by atoms with van der Waals surface area (Å²) in [6.45, 7) is 2.12. The van der Waals surface area contributed by atoms with Crippen molar-refractivity contribution in [1.29, 1.82) is 0 Å². The summed E-state index contributed by atoms with van der Waals surface area (Å²) in [4.78, 5) is 21.4. The molecule has 0 radical (unpaired) electrons. The second-order valence-corrected chi connectivity index (χ2v) is 7.16. The predicted octanol–water partition coefficient (Wildman–Crippen LogP) is 1.63. The number of hydrogen-bond acceptors (Lipinski definition) is 6. The number of carbonyl (C=O) groups excluding carboxylic acids is 1. The molecule has 0 saturated carbocycles. The first-order valence-corrected chi connectivity index (χ1v) is 9.01. The highest BCUT2D eigenvalue weighted by molar-refractivity contribution is 6.25. The zero-order valence-electron chi connectivity index (χ0n) is 15.8. The van der Waals surface area contributed by atoms with Crippen LogP contribution < -0.4 is 4.90 Å². The van der Waals surface area contributed by atoms with Crippen LogP contribution in [0.4, 0.5) is 5.69 Å². The van der Waals surface area contributed by atoms with Crippen LogP contribution in [-0.4, -0.2) is 71.4 Å². The second kappa shape index (κ2) is 6.75. The molecule has 0 amide bonds. The van der Waals surface area contributed by atoms with Crippen LogP contribution in [0.2, 0.25) is 0 Å². The smallest absolute Gasteiger partial charge is 0.194 e. The van der Waals surface area contributed by atoms with Gasteiger partial charge in [0.25, 0.3) is 0 Å². The maximum Gasteiger partial charge on any atom is 0.194 e. The number of nitrogens with zero attached hydrogens (tertiary/aromatic N) is 5. The number of likely N-dealkylation sites (N-methyl/N-ethyl adjacent to an activating group) is 2. The molecule has 1 aliphatic rings. The minimum atomic E-state index is -0.00342. The number of hydrogen-bond donors (Lipinski definition) is 1. The summed E-state index contributed by atoms with van der Waals surface area (Å²) >= 11 is 0. The molecule has 140 valence electrons. The van der Waals surface area contributed by atoms with Gasteiger partial charge >= 0.3 is 0 Å². The lowest BCUT2D eigenvalue weighted by Crippen LogP contribution is -2.22. The molecule has 0 atom stereocenters. The molecule has 0 unspecified atom stereocenters. The van der Waals surface area contributed by atoms with E-state index in [0.717, 1.165) is 40.9 Å². The number of benzene rings is 1. The van der Waals surface area contributed by atoms with Crippen LogP contribution in [0.1, 0.15) is 15.9 Å². The van der Waals surface area contributed by atoms with Gasteiger partial charge in [0.1, 0.15) is 5.69 Å². The largest absolute Gasteiger partial charge is 0.395 e. The second-order valence-electron chi connectivity index (χ2n) is 7.16. The third-order valence-corrected chi connectivity index (χ3v) is 5.04. The Morgan fingerprint density at radius 1 is 1.11 bits per heavy atom. The average molecular weight is 365 g/mol. The molecule has 3 aromatic rings. The lowest BCUT2D eigenvalue weighted by Gasteiger charge is -2.21. The van der Waals surface area contributed by atoms with Crippen molar-refractivity contribution in [3.63, 3.8) is 0 Å². The number of fused-ring (bicyclic) bond motifs is 2. The third kappa shape index (κ3) is 2.89. The van der Waals surface area contributed by atoms with Gasteiger partial charge in [0.2, 0.25) is 0 Å². The Balaban J connectivity index is 1.97. The summed E-state index contributed by atoms with van der Waals surface area (Å²) in [5, 5.41) is 15.0. The molecule has 27 heavy (non-hydrogen) atoms. The van der Waals surface area contributed by atoms with Crippen molar-refractivity contribution in [3.05, 3.63) is 41.7 Å². The van der Waals surface area contributed by atoms with Gasteiger partial charge in [0.05, 0.1) is 18.7 Å². The fourth-order valence-corrected chi connectivity index (χ4v) is 3.55. The van der Waals surface area contributed by atoms with E-state index in [1.54, 1.807) is 18.5 Å². The van der Waals surface area contributed by atoms with E-state index in [1.165, 1.54) is 0 Å². The molecular formula is C20H23N5O2. The molecular weight excluding hydrogens is 342 g/mol. The Hall–Kier alpha value is -2.77. The normalized spacial score (nSPS) is 12.7. The summed E-state index contributed by atoms with van der Waals surface area (Å²) in [6, 6.07) is 5.72. The van der Waals surface area contributed by atoms with Crippen LogP contribution in [0.25, 0.3) is 22.2 Å². The van der Waals surface area contributed by atoms with Crippen LogP contribution in [0.5, 0.6) is 0 Å². The van der Waals surface area contributed by atoms with Gasteiger partial charge in [-0.05, 0) is 32.3 Å². The number of aliphatic hydroxyl groups is 1. The maximum absolute atomic E-state index is 13.2. The highest BCUT2D eigenvalue weighted by Crippen LogP contribution is 2.40. The first-order valence-electron chi connectivity index (χ1n) is 9.01. The van der Waals surface area contributed by atoms with Crippen LogP contribution in [0, 0.1) is 0 Å². The van der Waals surface area contributed by atoms with Crippen molar-refractivity contribution in [2.75, 3.05) is 45.7 Å². The van der Waals surface area contributed by atoms with Gasteiger partial charge in [-0.2, -0.15) is 5.10 Å². The zero-order chi connectivity index (χ0) is 19.1. The number of carbonyl (C=O) groups is 1. The van der Waals surface area contributed by atoms with Crippen LogP contribution in [0.15, 0.2) is 30.6 Å². The van der Waals surface area contributed by atoms with Crippen LogP contribution in [-0.2, 0) is 6.54 Å². The van der Waals surface area contributed by atoms with Gasteiger partial charge in [0.15, 0.2) is 5.78 Å². The Kier molecular flexibility index (Phi) is 4.41. The molecule has 0 spiro atoms. The quantitative estimate of drug-likeness (QED) is 0.560. The first kappa shape index (κ1) is 17.6. The number of pyridine rings is 1. The highest BCUT2D eigenvalue weighted by Gasteiger charge is 2.30. The maximum atomic E-state index is 13.2. The van der Waals surface area contributed by atoms with E-state index in [2.05, 4.69) is 16.0 Å². The van der Waals surface area contributed by atoms with Gasteiger partial charge in [-0.25, -0.2) is 0 Å². The Bertz CT molecular complexity index is 1020. The van der Waals surface area contributed by atoms with Gasteiger partial charge in [0, 0.05) is 60.3 Å². The number of rotatable bonds is 6. The molecule has 0 saturated heterocycles. The van der Waals surface area contributed by atoms with E-state index in [9.17, 15) is 9.90 Å². The van der Waals surface area contributed by atoms with Gasteiger partial charge in [-0.3, -0.25) is 14.5 Å². The molecule has 7 nitrogen and oxygen atoms in total. The Labute approximate surface area is 157 Å². The topological polar surface area (TPSA) is 74.5 Å². The van der Waals surface area contributed by atoms with Gasteiger partial charge < -0.3 is 14.9 Å². The lowest BCUT2D eigenvalue weighted by atomic mass is 9.88. The van der Waals surface area contributed by atoms with Gasteiger partial charge in [-0.15, -0.1) is 0 Å². The van der Waals surface area contributed by atoms with Crippen molar-refractivity contribution in [2.45, 2.75) is 6.54 Å². The summed E-state index contributed by atoms with van der Waals surface area (Å²) in [6.07, 6.45) is 3.36. The summed E-state index contributed by atoms with van der Waals surface area (Å²) in [5.41, 5.74) is 4.75. The van der Waals surface area contributed by atoms with E-state index < -0.39 is 0 Å². The van der Waals surface area contributed by atoms with Crippen molar-refractivity contribution in [1.82, 2.24) is 19.7 Å². The van der Waals surface area contributed by atoms with Crippen LogP contribution >= 0.6 is 0 Å². The summed E-state index contributed by atoms with van der Waals surface area (Å²) in [7, 11) is 5.97. The zero-order valence-corrected chi connectivity index (χ0v) is 15.8. The predicted molar refractivity (Wildman–Crippen MR) is 105 cm³/mol. The molecule has 4 rings (SSSR count). The molecule has 0 aliphatic heterocycles.